The molecule has 0 aliphatic heterocycles. The topological polar surface area (TPSA) is 80.4 Å². The highest BCUT2D eigenvalue weighted by Gasteiger charge is 2.09. The van der Waals surface area contributed by atoms with Crippen LogP contribution in [0.15, 0.2) is 16.6 Å². The average molecular weight is 312 g/mol. The maximum atomic E-state index is 10.5. The highest BCUT2D eigenvalue weighted by molar-refractivity contribution is 7.98. The van der Waals surface area contributed by atoms with E-state index in [1.54, 1.807) is 36.2 Å². The second-order valence-electron chi connectivity index (χ2n) is 3.83. The molecule has 1 heterocycles. The van der Waals surface area contributed by atoms with Crippen molar-refractivity contribution in [2.24, 2.45) is 4.99 Å². The van der Waals surface area contributed by atoms with Crippen LogP contribution in [0, 0.1) is 22.5 Å². The Balaban J connectivity index is 2.33. The lowest BCUT2D eigenvalue weighted by Gasteiger charge is -2.09. The van der Waals surface area contributed by atoms with Crippen molar-refractivity contribution in [3.8, 4) is 12.3 Å². The summed E-state index contributed by atoms with van der Waals surface area (Å²) in [6.45, 7) is 1.94. The zero-order valence-corrected chi connectivity index (χ0v) is 12.7. The van der Waals surface area contributed by atoms with Gasteiger partial charge in [0, 0.05) is 28.0 Å². The molecule has 1 aromatic rings. The van der Waals surface area contributed by atoms with Crippen LogP contribution in [-0.2, 0) is 5.75 Å². The van der Waals surface area contributed by atoms with Gasteiger partial charge in [0.1, 0.15) is 5.01 Å². The van der Waals surface area contributed by atoms with Crippen LogP contribution in [0.5, 0.6) is 0 Å². The summed E-state index contributed by atoms with van der Waals surface area (Å²) < 4.78 is 0. The zero-order chi connectivity index (χ0) is 14.8. The summed E-state index contributed by atoms with van der Waals surface area (Å²) in [5, 5.41) is 16.4. The number of nitro groups is 1. The van der Waals surface area contributed by atoms with Gasteiger partial charge in [-0.15, -0.1) is 17.8 Å². The van der Waals surface area contributed by atoms with E-state index in [1.165, 1.54) is 0 Å². The third-order valence-corrected chi connectivity index (χ3v) is 4.07. The molecule has 0 aromatic carbocycles. The van der Waals surface area contributed by atoms with Crippen LogP contribution in [0.3, 0.4) is 0 Å². The van der Waals surface area contributed by atoms with Gasteiger partial charge in [-0.05, 0) is 6.92 Å². The molecule has 1 aromatic heterocycles. The van der Waals surface area contributed by atoms with Gasteiger partial charge in [-0.2, -0.15) is 11.8 Å². The smallest absolute Gasteiger partial charge is 0.259 e. The van der Waals surface area contributed by atoms with Crippen LogP contribution in [0.4, 0.5) is 0 Å². The molecule has 0 radical (unpaired) electrons. The summed E-state index contributed by atoms with van der Waals surface area (Å²) in [6.07, 6.45) is 7.01. The summed E-state index contributed by atoms with van der Waals surface area (Å²) in [5.41, 5.74) is 0. The van der Waals surface area contributed by atoms with Gasteiger partial charge in [-0.1, -0.05) is 5.92 Å². The molecule has 0 amide bonds. The van der Waals surface area contributed by atoms with E-state index in [4.69, 9.17) is 6.42 Å². The van der Waals surface area contributed by atoms with Crippen molar-refractivity contribution in [1.29, 1.82) is 0 Å². The van der Waals surface area contributed by atoms with Gasteiger partial charge in [-0.3, -0.25) is 15.1 Å². The predicted octanol–water partition coefficient (Wildman–Crippen LogP) is 1.66. The Hall–Kier alpha value is -1.59. The standard InChI is InChI=1S/C12H16N4O2S2/c1-3-10(2)15-11(8-16(17)18)13-4-6-19-9-12-14-5-7-20-12/h1,5,7,10H,4,6,8-9H2,2H3,(H,13,15). The molecule has 8 heteroatoms. The molecule has 0 spiro atoms. The third kappa shape index (κ3) is 7.11. The minimum Gasteiger partial charge on any atom is -0.355 e. The number of thiazole rings is 1. The van der Waals surface area contributed by atoms with Crippen LogP contribution in [-0.4, -0.2) is 40.6 Å². The van der Waals surface area contributed by atoms with Gasteiger partial charge in [0.25, 0.3) is 6.54 Å². The van der Waals surface area contributed by atoms with Crippen molar-refractivity contribution in [3.63, 3.8) is 0 Å². The maximum Gasteiger partial charge on any atom is 0.259 e. The van der Waals surface area contributed by atoms with Crippen molar-refractivity contribution in [1.82, 2.24) is 10.3 Å². The second-order valence-corrected chi connectivity index (χ2v) is 5.91. The van der Waals surface area contributed by atoms with Crippen LogP contribution in [0.25, 0.3) is 0 Å². The van der Waals surface area contributed by atoms with Gasteiger partial charge in [0.05, 0.1) is 12.6 Å². The molecule has 1 N–H and O–H groups in total. The van der Waals surface area contributed by atoms with E-state index >= 15 is 0 Å². The first-order chi connectivity index (χ1) is 9.61. The predicted molar refractivity (Wildman–Crippen MR) is 83.9 cm³/mol. The normalized spacial score (nSPS) is 12.7. The molecular weight excluding hydrogens is 296 g/mol. The third-order valence-electron chi connectivity index (χ3n) is 2.16. The van der Waals surface area contributed by atoms with E-state index in [-0.39, 0.29) is 12.6 Å². The molecule has 0 fully saturated rings. The quantitative estimate of drug-likeness (QED) is 0.197. The van der Waals surface area contributed by atoms with Gasteiger partial charge in [0.15, 0.2) is 5.84 Å². The lowest BCUT2D eigenvalue weighted by Crippen LogP contribution is -2.36. The summed E-state index contributed by atoms with van der Waals surface area (Å²) in [7, 11) is 0. The number of amidine groups is 1. The number of nitrogens with zero attached hydrogens (tertiary/aromatic N) is 3. The number of hydrogen-bond donors (Lipinski definition) is 1. The summed E-state index contributed by atoms with van der Waals surface area (Å²) in [5.74, 6) is 4.41. The fourth-order valence-electron chi connectivity index (χ4n) is 1.28. The lowest BCUT2D eigenvalue weighted by atomic mass is 10.3. The van der Waals surface area contributed by atoms with E-state index in [0.717, 1.165) is 16.5 Å². The molecule has 1 rings (SSSR count). The first-order valence-corrected chi connectivity index (χ1v) is 7.99. The summed E-state index contributed by atoms with van der Waals surface area (Å²) >= 11 is 3.31. The van der Waals surface area contributed by atoms with E-state index in [1.807, 2.05) is 5.38 Å². The minimum atomic E-state index is -0.419. The maximum absolute atomic E-state index is 10.5. The summed E-state index contributed by atoms with van der Waals surface area (Å²) in [4.78, 5) is 18.5. The largest absolute Gasteiger partial charge is 0.355 e. The highest BCUT2D eigenvalue weighted by atomic mass is 32.2. The molecule has 0 saturated carbocycles. The number of hydrogen-bond acceptors (Lipinski definition) is 6. The minimum absolute atomic E-state index is 0.267. The number of aromatic nitrogens is 1. The van der Waals surface area contributed by atoms with Gasteiger partial charge in [0.2, 0.25) is 0 Å². The van der Waals surface area contributed by atoms with Crippen LogP contribution < -0.4 is 5.32 Å². The van der Waals surface area contributed by atoms with Gasteiger partial charge >= 0.3 is 0 Å². The van der Waals surface area contributed by atoms with Crippen molar-refractivity contribution in [2.45, 2.75) is 18.7 Å². The monoisotopic (exact) mass is 312 g/mol. The van der Waals surface area contributed by atoms with E-state index in [2.05, 4.69) is 21.2 Å². The van der Waals surface area contributed by atoms with Crippen molar-refractivity contribution < 1.29 is 4.92 Å². The number of nitrogens with one attached hydrogen (secondary N) is 1. The lowest BCUT2D eigenvalue weighted by molar-refractivity contribution is -0.463. The first kappa shape index (κ1) is 16.5. The summed E-state index contributed by atoms with van der Waals surface area (Å²) in [6, 6.07) is -0.267. The fourth-order valence-corrected chi connectivity index (χ4v) is 2.82. The van der Waals surface area contributed by atoms with Crippen LogP contribution in [0.1, 0.15) is 11.9 Å². The van der Waals surface area contributed by atoms with Crippen molar-refractivity contribution in [2.75, 3.05) is 18.8 Å². The highest BCUT2D eigenvalue weighted by Crippen LogP contribution is 2.13. The fraction of sp³-hybridized carbons (Fsp3) is 0.500. The second kappa shape index (κ2) is 9.34. The van der Waals surface area contributed by atoms with E-state index in [9.17, 15) is 10.1 Å². The molecule has 6 nitrogen and oxygen atoms in total. The van der Waals surface area contributed by atoms with E-state index < -0.39 is 4.92 Å². The van der Waals surface area contributed by atoms with Crippen molar-refractivity contribution in [3.05, 3.63) is 26.7 Å². The molecule has 1 unspecified atom stereocenters. The molecule has 0 aliphatic carbocycles. The Morgan fingerprint density at radius 2 is 2.60 bits per heavy atom. The van der Waals surface area contributed by atoms with E-state index in [0.29, 0.717) is 12.4 Å². The van der Waals surface area contributed by atoms with Crippen molar-refractivity contribution >= 4 is 28.9 Å². The number of terminal acetylenes is 1. The molecule has 20 heavy (non-hydrogen) atoms. The molecule has 0 bridgehead atoms. The first-order valence-electron chi connectivity index (χ1n) is 5.95. The molecule has 108 valence electrons. The molecule has 1 atom stereocenters. The Labute approximate surface area is 126 Å². The average Bonchev–Trinajstić information content (AvgIpc) is 2.90. The number of thioether (sulfide) groups is 1. The Morgan fingerprint density at radius 1 is 1.80 bits per heavy atom. The number of rotatable bonds is 8. The number of aliphatic imine (C=N–C) groups is 1. The van der Waals surface area contributed by atoms with Crippen LogP contribution in [0.2, 0.25) is 0 Å². The zero-order valence-electron chi connectivity index (χ0n) is 11.1. The Bertz CT molecular complexity index is 482. The van der Waals surface area contributed by atoms with Gasteiger partial charge in [-0.25, -0.2) is 4.98 Å². The SMILES string of the molecule is C#CC(C)NC(C[N+](=O)[O-])=NCCSCc1nccs1. The van der Waals surface area contributed by atoms with Gasteiger partial charge < -0.3 is 5.32 Å². The molecule has 0 aliphatic rings. The van der Waals surface area contributed by atoms with Crippen LogP contribution >= 0.6 is 23.1 Å². The molecule has 0 saturated heterocycles. The Morgan fingerprint density at radius 3 is 3.20 bits per heavy atom. The Kier molecular flexibility index (Phi) is 7.69. The molecular formula is C12H16N4O2S2.